The topological polar surface area (TPSA) is 27.3 Å². The Labute approximate surface area is 66.5 Å². The van der Waals surface area contributed by atoms with Gasteiger partial charge in [-0.1, -0.05) is 0 Å². The Balaban J connectivity index is 2.70. The summed E-state index contributed by atoms with van der Waals surface area (Å²) >= 11 is 4.54. The van der Waals surface area contributed by atoms with E-state index in [0.717, 1.165) is 4.90 Å². The summed E-state index contributed by atoms with van der Waals surface area (Å²) in [5, 5.41) is 0.0484. The predicted molar refractivity (Wildman–Crippen MR) is 36.5 cm³/mol. The number of hydrogen-bond donors (Lipinski definition) is 2. The van der Waals surface area contributed by atoms with Crippen LogP contribution in [0.15, 0.2) is 0 Å². The highest BCUT2D eigenvalue weighted by atomic mass is 32.1. The molecular formula is C4H6F3N3S. The smallest absolute Gasteiger partial charge is 0.326 e. The molecule has 1 heterocycles. The number of nitrogens with one attached hydrogen (secondary N) is 2. The third kappa shape index (κ3) is 1.54. The number of hydrazine groups is 1. The van der Waals surface area contributed by atoms with Crippen LogP contribution in [0.4, 0.5) is 13.2 Å². The zero-order valence-electron chi connectivity index (χ0n) is 5.57. The molecule has 1 unspecified atom stereocenters. The average molecular weight is 185 g/mol. The lowest BCUT2D eigenvalue weighted by Crippen LogP contribution is -2.47. The van der Waals surface area contributed by atoms with Gasteiger partial charge in [-0.05, 0) is 12.2 Å². The van der Waals surface area contributed by atoms with Gasteiger partial charge in [0.25, 0.3) is 0 Å². The average Bonchev–Trinajstić information content (AvgIpc) is 2.11. The minimum Gasteiger partial charge on any atom is -0.326 e. The normalized spacial score (nSPS) is 25.6. The number of thiocarbonyl (C=S) groups is 1. The van der Waals surface area contributed by atoms with Crippen molar-refractivity contribution in [1.82, 2.24) is 15.8 Å². The van der Waals surface area contributed by atoms with Crippen molar-refractivity contribution < 1.29 is 13.2 Å². The molecule has 1 fully saturated rings. The van der Waals surface area contributed by atoms with E-state index in [4.69, 9.17) is 0 Å². The quantitative estimate of drug-likeness (QED) is 0.527. The third-order valence-corrected chi connectivity index (χ3v) is 1.72. The van der Waals surface area contributed by atoms with Gasteiger partial charge in [0, 0.05) is 7.05 Å². The van der Waals surface area contributed by atoms with Crippen LogP contribution in [0.1, 0.15) is 0 Å². The van der Waals surface area contributed by atoms with E-state index in [9.17, 15) is 13.2 Å². The molecule has 1 aliphatic rings. The van der Waals surface area contributed by atoms with Crippen LogP contribution in [0, 0.1) is 0 Å². The Morgan fingerprint density at radius 3 is 2.27 bits per heavy atom. The lowest BCUT2D eigenvalue weighted by atomic mass is 10.5. The molecule has 0 saturated carbocycles. The first-order valence-corrected chi connectivity index (χ1v) is 3.19. The number of nitrogens with zero attached hydrogens (tertiary/aromatic N) is 1. The van der Waals surface area contributed by atoms with Crippen molar-refractivity contribution in [2.45, 2.75) is 12.3 Å². The van der Waals surface area contributed by atoms with Crippen LogP contribution in [0.5, 0.6) is 0 Å². The van der Waals surface area contributed by atoms with Crippen LogP contribution >= 0.6 is 12.2 Å². The van der Waals surface area contributed by atoms with E-state index in [2.05, 4.69) is 17.6 Å². The lowest BCUT2D eigenvalue weighted by Gasteiger charge is -2.20. The summed E-state index contributed by atoms with van der Waals surface area (Å²) in [7, 11) is 1.27. The van der Waals surface area contributed by atoms with Crippen LogP contribution in [-0.2, 0) is 0 Å². The van der Waals surface area contributed by atoms with E-state index in [1.165, 1.54) is 7.05 Å². The summed E-state index contributed by atoms with van der Waals surface area (Å²) in [6, 6.07) is 0. The molecule has 0 amide bonds. The molecule has 1 aliphatic heterocycles. The minimum absolute atomic E-state index is 0.0484. The van der Waals surface area contributed by atoms with Crippen LogP contribution in [0.25, 0.3) is 0 Å². The zero-order chi connectivity index (χ0) is 8.65. The molecule has 0 aliphatic carbocycles. The summed E-state index contributed by atoms with van der Waals surface area (Å²) in [5.74, 6) is 0. The van der Waals surface area contributed by atoms with Crippen molar-refractivity contribution in [3.05, 3.63) is 0 Å². The second kappa shape index (κ2) is 2.49. The van der Waals surface area contributed by atoms with E-state index in [-0.39, 0.29) is 5.11 Å². The molecule has 0 radical (unpaired) electrons. The van der Waals surface area contributed by atoms with Gasteiger partial charge in [0.15, 0.2) is 11.3 Å². The molecule has 7 heteroatoms. The van der Waals surface area contributed by atoms with Gasteiger partial charge in [-0.3, -0.25) is 5.43 Å². The highest BCUT2D eigenvalue weighted by molar-refractivity contribution is 7.80. The number of alkyl halides is 3. The van der Waals surface area contributed by atoms with Crippen molar-refractivity contribution in [2.24, 2.45) is 0 Å². The fourth-order valence-corrected chi connectivity index (χ4v) is 0.898. The van der Waals surface area contributed by atoms with E-state index >= 15 is 0 Å². The Kier molecular flexibility index (Phi) is 1.93. The van der Waals surface area contributed by atoms with E-state index in [1.54, 1.807) is 0 Å². The summed E-state index contributed by atoms with van der Waals surface area (Å²) in [4.78, 5) is 0.912. The van der Waals surface area contributed by atoms with Gasteiger partial charge in [-0.25, -0.2) is 5.43 Å². The Bertz CT molecular complexity index is 180. The van der Waals surface area contributed by atoms with Crippen LogP contribution < -0.4 is 10.9 Å². The predicted octanol–water partition coefficient (Wildman–Crippen LogP) is 0.199. The van der Waals surface area contributed by atoms with Crippen LogP contribution in [0.3, 0.4) is 0 Å². The van der Waals surface area contributed by atoms with Gasteiger partial charge in [0.2, 0.25) is 0 Å². The summed E-state index contributed by atoms with van der Waals surface area (Å²) in [6.07, 6.45) is -6.02. The van der Waals surface area contributed by atoms with Crippen molar-refractivity contribution in [1.29, 1.82) is 0 Å². The molecular weight excluding hydrogens is 179 g/mol. The van der Waals surface area contributed by atoms with Crippen molar-refractivity contribution in [3.63, 3.8) is 0 Å². The minimum atomic E-state index is -4.30. The first-order chi connectivity index (χ1) is 4.93. The van der Waals surface area contributed by atoms with Crippen LogP contribution in [-0.4, -0.2) is 29.4 Å². The summed E-state index contributed by atoms with van der Waals surface area (Å²) < 4.78 is 35.9. The molecule has 3 nitrogen and oxygen atoms in total. The molecule has 0 spiro atoms. The fourth-order valence-electron chi connectivity index (χ4n) is 0.734. The Morgan fingerprint density at radius 2 is 2.09 bits per heavy atom. The SMILES string of the molecule is CN1C(=S)NNC1C(F)(F)F. The lowest BCUT2D eigenvalue weighted by molar-refractivity contribution is -0.174. The standard InChI is InChI=1S/C4H6F3N3S/c1-10-2(4(5,6)7)8-9-3(10)11/h2,8H,1H3,(H,9,11). The molecule has 0 aromatic carbocycles. The first-order valence-electron chi connectivity index (χ1n) is 2.78. The molecule has 1 saturated heterocycles. The van der Waals surface area contributed by atoms with Crippen molar-refractivity contribution in [2.75, 3.05) is 7.05 Å². The summed E-state index contributed by atoms with van der Waals surface area (Å²) in [5.41, 5.74) is 4.22. The maximum absolute atomic E-state index is 12.0. The maximum Gasteiger partial charge on any atom is 0.423 e. The van der Waals surface area contributed by atoms with Crippen molar-refractivity contribution in [3.8, 4) is 0 Å². The molecule has 11 heavy (non-hydrogen) atoms. The molecule has 0 aromatic heterocycles. The highest BCUT2D eigenvalue weighted by Crippen LogP contribution is 2.23. The molecule has 0 bridgehead atoms. The number of hydrogen-bond acceptors (Lipinski definition) is 2. The van der Waals surface area contributed by atoms with Gasteiger partial charge in [0.1, 0.15) is 0 Å². The van der Waals surface area contributed by atoms with Gasteiger partial charge >= 0.3 is 6.18 Å². The molecule has 64 valence electrons. The van der Waals surface area contributed by atoms with E-state index in [1.807, 2.05) is 5.43 Å². The van der Waals surface area contributed by atoms with Gasteiger partial charge in [-0.2, -0.15) is 13.2 Å². The van der Waals surface area contributed by atoms with Gasteiger partial charge in [-0.15, -0.1) is 0 Å². The number of halogens is 3. The Morgan fingerprint density at radius 1 is 1.55 bits per heavy atom. The third-order valence-electron chi connectivity index (χ3n) is 1.33. The van der Waals surface area contributed by atoms with Crippen molar-refractivity contribution >= 4 is 17.3 Å². The molecule has 0 aromatic rings. The largest absolute Gasteiger partial charge is 0.423 e. The molecule has 1 rings (SSSR count). The number of rotatable bonds is 0. The van der Waals surface area contributed by atoms with Gasteiger partial charge < -0.3 is 4.90 Å². The monoisotopic (exact) mass is 185 g/mol. The first kappa shape index (κ1) is 8.54. The van der Waals surface area contributed by atoms with Gasteiger partial charge in [0.05, 0.1) is 0 Å². The highest BCUT2D eigenvalue weighted by Gasteiger charge is 2.46. The second-order valence-corrected chi connectivity index (χ2v) is 2.52. The van der Waals surface area contributed by atoms with E-state index < -0.39 is 12.3 Å². The van der Waals surface area contributed by atoms with Crippen LogP contribution in [0.2, 0.25) is 0 Å². The Hall–Kier alpha value is -0.560. The second-order valence-electron chi connectivity index (χ2n) is 2.13. The fraction of sp³-hybridized carbons (Fsp3) is 0.750. The maximum atomic E-state index is 12.0. The summed E-state index contributed by atoms with van der Waals surface area (Å²) in [6.45, 7) is 0. The zero-order valence-corrected chi connectivity index (χ0v) is 6.38. The molecule has 2 N–H and O–H groups in total. The van der Waals surface area contributed by atoms with E-state index in [0.29, 0.717) is 0 Å². The molecule has 1 atom stereocenters.